The van der Waals surface area contributed by atoms with Crippen LogP contribution in [0, 0.1) is 0 Å². The first-order chi connectivity index (χ1) is 13.4. The Hall–Kier alpha value is -3.57. The number of carbonyl (C=O) groups is 1. The Balaban J connectivity index is 2.13. The fraction of sp³-hybridized carbons (Fsp3) is 0.118. The maximum Gasteiger partial charge on any atom is 0.573 e. The highest BCUT2D eigenvalue weighted by molar-refractivity contribution is 5.93. The first-order valence-corrected chi connectivity index (χ1v) is 7.72. The van der Waals surface area contributed by atoms with Gasteiger partial charge in [0.2, 0.25) is 5.91 Å². The average Bonchev–Trinajstić information content (AvgIpc) is 2.99. The van der Waals surface area contributed by atoms with Crippen molar-refractivity contribution in [2.75, 3.05) is 0 Å². The number of nitrogens with one attached hydrogen (secondary N) is 1. The lowest BCUT2D eigenvalue weighted by Gasteiger charge is -2.14. The lowest BCUT2D eigenvalue weighted by Crippen LogP contribution is -2.18. The van der Waals surface area contributed by atoms with Crippen LogP contribution in [0.25, 0.3) is 28.5 Å². The summed E-state index contributed by atoms with van der Waals surface area (Å²) in [6.45, 7) is 0. The van der Waals surface area contributed by atoms with Gasteiger partial charge in [-0.3, -0.25) is 4.79 Å². The van der Waals surface area contributed by atoms with Gasteiger partial charge < -0.3 is 15.5 Å². The second-order valence-electron chi connectivity index (χ2n) is 5.72. The summed E-state index contributed by atoms with van der Waals surface area (Å²) in [6, 6.07) is 1.63. The van der Waals surface area contributed by atoms with Crippen LogP contribution in [0.15, 0.2) is 36.7 Å². The molecule has 0 bridgehead atoms. The molecule has 0 aliphatic heterocycles. The minimum absolute atomic E-state index is 0.135. The molecule has 0 aliphatic carbocycles. The fourth-order valence-corrected chi connectivity index (χ4v) is 2.45. The van der Waals surface area contributed by atoms with Gasteiger partial charge in [-0.05, 0) is 24.3 Å². The molecule has 3 N–H and O–H groups in total. The number of nitrogens with two attached hydrogens (primary N) is 1. The number of H-pyrrole nitrogens is 1. The maximum absolute atomic E-state index is 13.1. The number of aromatic amines is 1. The van der Waals surface area contributed by atoms with E-state index in [1.54, 1.807) is 0 Å². The minimum atomic E-state index is -5.18. The summed E-state index contributed by atoms with van der Waals surface area (Å²) in [6.07, 6.45) is -5.23. The number of rotatable bonds is 4. The van der Waals surface area contributed by atoms with Crippen molar-refractivity contribution in [3.8, 4) is 17.0 Å². The number of aromatic nitrogens is 3. The molecule has 3 rings (SSSR count). The first kappa shape index (κ1) is 20.2. The van der Waals surface area contributed by atoms with Gasteiger partial charge in [0.1, 0.15) is 11.3 Å². The number of nitrogens with zero attached hydrogens (tertiary/aromatic N) is 2. The molecule has 0 spiro atoms. The second kappa shape index (κ2) is 7.11. The normalized spacial score (nSPS) is 12.6. The smallest absolute Gasteiger partial charge is 0.406 e. The molecule has 0 fully saturated rings. The van der Waals surface area contributed by atoms with Crippen molar-refractivity contribution in [3.05, 3.63) is 47.8 Å². The summed E-state index contributed by atoms with van der Waals surface area (Å²) in [7, 11) is 0. The van der Waals surface area contributed by atoms with Gasteiger partial charge in [-0.25, -0.2) is 9.97 Å². The van der Waals surface area contributed by atoms with E-state index in [2.05, 4.69) is 19.7 Å². The summed E-state index contributed by atoms with van der Waals surface area (Å²) < 4.78 is 80.4. The third-order valence-corrected chi connectivity index (χ3v) is 3.60. The van der Waals surface area contributed by atoms with E-state index < -0.39 is 29.8 Å². The van der Waals surface area contributed by atoms with Crippen LogP contribution in [0.2, 0.25) is 0 Å². The number of amides is 1. The predicted molar refractivity (Wildman–Crippen MR) is 89.2 cm³/mol. The number of primary amides is 1. The van der Waals surface area contributed by atoms with Gasteiger partial charge in [0, 0.05) is 23.4 Å². The van der Waals surface area contributed by atoms with Crippen molar-refractivity contribution in [1.29, 1.82) is 0 Å². The van der Waals surface area contributed by atoms with Crippen LogP contribution in [0.5, 0.6) is 5.75 Å². The highest BCUT2D eigenvalue weighted by atomic mass is 19.4. The summed E-state index contributed by atoms with van der Waals surface area (Å²) >= 11 is 0. The Labute approximate surface area is 158 Å². The van der Waals surface area contributed by atoms with Gasteiger partial charge in [0.15, 0.2) is 5.65 Å². The first-order valence-electron chi connectivity index (χ1n) is 7.72. The van der Waals surface area contributed by atoms with Crippen LogP contribution in [0.3, 0.4) is 0 Å². The van der Waals surface area contributed by atoms with Gasteiger partial charge in [0.25, 0.3) is 0 Å². The molecule has 0 unspecified atom stereocenters. The molecule has 2 aromatic heterocycles. The van der Waals surface area contributed by atoms with Crippen LogP contribution in [-0.4, -0.2) is 27.2 Å². The molecule has 12 heteroatoms. The number of halogens is 6. The molecular weight excluding hydrogens is 406 g/mol. The number of fused-ring (bicyclic) bond motifs is 1. The SMILES string of the molecule is NC(=O)C=Cc1c[nH]c2ncc(-c3cc(OC(F)(F)F)cc(C(F)(F)F)c3)nc12. The number of benzene rings is 1. The average molecular weight is 416 g/mol. The molecular formula is C17H10F6N4O2. The quantitative estimate of drug-likeness (QED) is 0.496. The number of ether oxygens (including phenoxy) is 1. The van der Waals surface area contributed by atoms with Crippen LogP contribution in [0.1, 0.15) is 11.1 Å². The highest BCUT2D eigenvalue weighted by Gasteiger charge is 2.35. The zero-order chi connectivity index (χ0) is 21.4. The Morgan fingerprint density at radius 3 is 2.48 bits per heavy atom. The molecule has 0 saturated heterocycles. The highest BCUT2D eigenvalue weighted by Crippen LogP contribution is 2.37. The zero-order valence-corrected chi connectivity index (χ0v) is 14.1. The Morgan fingerprint density at radius 2 is 1.86 bits per heavy atom. The Kier molecular flexibility index (Phi) is 4.95. The molecule has 6 nitrogen and oxygen atoms in total. The summed E-state index contributed by atoms with van der Waals surface area (Å²) in [5.41, 5.74) is 4.02. The molecule has 152 valence electrons. The lowest BCUT2D eigenvalue weighted by atomic mass is 10.1. The van der Waals surface area contributed by atoms with Crippen LogP contribution in [0.4, 0.5) is 26.3 Å². The van der Waals surface area contributed by atoms with Gasteiger partial charge in [-0.15, -0.1) is 13.2 Å². The van der Waals surface area contributed by atoms with Gasteiger partial charge in [0.05, 0.1) is 17.5 Å². The van der Waals surface area contributed by atoms with Gasteiger partial charge in [-0.2, -0.15) is 13.2 Å². The number of hydrogen-bond acceptors (Lipinski definition) is 4. The third-order valence-electron chi connectivity index (χ3n) is 3.60. The van der Waals surface area contributed by atoms with E-state index in [4.69, 9.17) is 5.73 Å². The largest absolute Gasteiger partial charge is 0.573 e. The van der Waals surface area contributed by atoms with E-state index in [0.29, 0.717) is 11.6 Å². The van der Waals surface area contributed by atoms with Crippen molar-refractivity contribution in [2.24, 2.45) is 5.73 Å². The van der Waals surface area contributed by atoms with E-state index in [0.717, 1.165) is 18.3 Å². The molecule has 0 atom stereocenters. The van der Waals surface area contributed by atoms with E-state index in [1.165, 1.54) is 12.3 Å². The monoisotopic (exact) mass is 416 g/mol. The predicted octanol–water partition coefficient (Wildman–Crippen LogP) is 4.04. The second-order valence-corrected chi connectivity index (χ2v) is 5.72. The molecule has 2 heterocycles. The van der Waals surface area contributed by atoms with E-state index in [-0.39, 0.29) is 28.5 Å². The number of alkyl halides is 6. The molecule has 29 heavy (non-hydrogen) atoms. The van der Waals surface area contributed by atoms with Crippen LogP contribution < -0.4 is 10.5 Å². The standard InChI is InChI=1S/C17H10F6N4O2/c18-16(19,20)10-3-9(4-11(5-10)29-17(21,22)23)12-7-26-15-14(27-12)8(6-25-15)1-2-13(24)28/h1-7H,(H2,24,28)(H,25,26). The van der Waals surface area contributed by atoms with Crippen molar-refractivity contribution >= 4 is 23.1 Å². The van der Waals surface area contributed by atoms with Gasteiger partial charge in [-0.1, -0.05) is 0 Å². The Bertz CT molecular complexity index is 1100. The van der Waals surface area contributed by atoms with Crippen molar-refractivity contribution in [3.63, 3.8) is 0 Å². The summed E-state index contributed by atoms with van der Waals surface area (Å²) in [4.78, 5) is 21.7. The van der Waals surface area contributed by atoms with Gasteiger partial charge >= 0.3 is 12.5 Å². The molecule has 1 aromatic carbocycles. The third kappa shape index (κ3) is 4.83. The van der Waals surface area contributed by atoms with Crippen molar-refractivity contribution < 1.29 is 35.9 Å². The summed E-state index contributed by atoms with van der Waals surface area (Å²) in [5.74, 6) is -1.79. The Morgan fingerprint density at radius 1 is 1.14 bits per heavy atom. The van der Waals surface area contributed by atoms with E-state index in [9.17, 15) is 31.1 Å². The fourth-order valence-electron chi connectivity index (χ4n) is 2.45. The molecule has 0 aliphatic rings. The molecule has 0 radical (unpaired) electrons. The summed E-state index contributed by atoms with van der Waals surface area (Å²) in [5, 5.41) is 0. The molecule has 1 amide bonds. The van der Waals surface area contributed by atoms with E-state index in [1.807, 2.05) is 0 Å². The number of carbonyl (C=O) groups excluding carboxylic acids is 1. The van der Waals surface area contributed by atoms with Crippen molar-refractivity contribution in [1.82, 2.24) is 15.0 Å². The topological polar surface area (TPSA) is 93.9 Å². The van der Waals surface area contributed by atoms with Crippen LogP contribution in [-0.2, 0) is 11.0 Å². The zero-order valence-electron chi connectivity index (χ0n) is 14.1. The molecule has 3 aromatic rings. The minimum Gasteiger partial charge on any atom is -0.406 e. The van der Waals surface area contributed by atoms with Crippen LogP contribution >= 0.6 is 0 Å². The maximum atomic E-state index is 13.1. The van der Waals surface area contributed by atoms with Crippen molar-refractivity contribution in [2.45, 2.75) is 12.5 Å². The van der Waals surface area contributed by atoms with E-state index >= 15 is 0 Å². The molecule has 0 saturated carbocycles. The lowest BCUT2D eigenvalue weighted by molar-refractivity contribution is -0.274. The number of hydrogen-bond donors (Lipinski definition) is 2.